The standard InChI is InChI=1S/C12H18N2O4S/c1-9-8-11(18-13-9)10-4-3-6-14(10)12(15)5-7-19(2,16)17/h8,10H,3-7H2,1-2H3. The fourth-order valence-electron chi connectivity index (χ4n) is 2.32. The van der Waals surface area contributed by atoms with Crippen molar-refractivity contribution in [3.63, 3.8) is 0 Å². The molecule has 1 atom stereocenters. The first-order valence-electron chi connectivity index (χ1n) is 6.27. The Balaban J connectivity index is 2.04. The monoisotopic (exact) mass is 286 g/mol. The van der Waals surface area contributed by atoms with Gasteiger partial charge in [0.05, 0.1) is 17.5 Å². The normalized spacial score (nSPS) is 19.9. The van der Waals surface area contributed by atoms with Gasteiger partial charge in [-0.2, -0.15) is 0 Å². The van der Waals surface area contributed by atoms with Crippen molar-refractivity contribution in [1.82, 2.24) is 10.1 Å². The van der Waals surface area contributed by atoms with E-state index in [9.17, 15) is 13.2 Å². The maximum absolute atomic E-state index is 12.1. The highest BCUT2D eigenvalue weighted by molar-refractivity contribution is 7.90. The maximum atomic E-state index is 12.1. The summed E-state index contributed by atoms with van der Waals surface area (Å²) in [6.45, 7) is 2.48. The van der Waals surface area contributed by atoms with E-state index in [4.69, 9.17) is 4.52 Å². The van der Waals surface area contributed by atoms with E-state index < -0.39 is 9.84 Å². The molecule has 0 N–H and O–H groups in total. The van der Waals surface area contributed by atoms with Crippen LogP contribution in [0.15, 0.2) is 10.6 Å². The zero-order valence-electron chi connectivity index (χ0n) is 11.1. The number of rotatable bonds is 4. The second kappa shape index (κ2) is 5.32. The fourth-order valence-corrected chi connectivity index (χ4v) is 2.86. The molecule has 1 unspecified atom stereocenters. The number of aromatic nitrogens is 1. The van der Waals surface area contributed by atoms with Crippen LogP contribution in [0, 0.1) is 6.92 Å². The zero-order chi connectivity index (χ0) is 14.0. The molecule has 2 heterocycles. The van der Waals surface area contributed by atoms with Gasteiger partial charge in [0.15, 0.2) is 5.76 Å². The van der Waals surface area contributed by atoms with Crippen molar-refractivity contribution < 1.29 is 17.7 Å². The minimum absolute atomic E-state index is 0.0302. The molecule has 0 spiro atoms. The lowest BCUT2D eigenvalue weighted by molar-refractivity contribution is -0.132. The van der Waals surface area contributed by atoms with E-state index in [0.29, 0.717) is 12.3 Å². The third-order valence-electron chi connectivity index (χ3n) is 3.23. The number of carbonyl (C=O) groups excluding carboxylic acids is 1. The molecular weight excluding hydrogens is 268 g/mol. The molecule has 2 rings (SSSR count). The third-order valence-corrected chi connectivity index (χ3v) is 4.18. The summed E-state index contributed by atoms with van der Waals surface area (Å²) in [5, 5.41) is 3.83. The summed E-state index contributed by atoms with van der Waals surface area (Å²) in [4.78, 5) is 13.8. The van der Waals surface area contributed by atoms with Crippen LogP contribution in [-0.4, -0.2) is 42.9 Å². The first-order valence-corrected chi connectivity index (χ1v) is 8.33. The number of hydrogen-bond acceptors (Lipinski definition) is 5. The number of likely N-dealkylation sites (tertiary alicyclic amines) is 1. The van der Waals surface area contributed by atoms with Crippen molar-refractivity contribution in [1.29, 1.82) is 0 Å². The van der Waals surface area contributed by atoms with Gasteiger partial charge in [-0.1, -0.05) is 5.16 Å². The summed E-state index contributed by atoms with van der Waals surface area (Å²) in [5.41, 5.74) is 0.783. The van der Waals surface area contributed by atoms with E-state index >= 15 is 0 Å². The highest BCUT2D eigenvalue weighted by atomic mass is 32.2. The molecule has 1 aromatic rings. The van der Waals surface area contributed by atoms with Crippen molar-refractivity contribution in [3.05, 3.63) is 17.5 Å². The smallest absolute Gasteiger partial charge is 0.224 e. The van der Waals surface area contributed by atoms with Crippen molar-refractivity contribution in [3.8, 4) is 0 Å². The number of amides is 1. The van der Waals surface area contributed by atoms with Crippen LogP contribution >= 0.6 is 0 Å². The van der Waals surface area contributed by atoms with E-state index in [2.05, 4.69) is 5.16 Å². The van der Waals surface area contributed by atoms with Gasteiger partial charge in [0, 0.05) is 25.3 Å². The Morgan fingerprint density at radius 1 is 1.58 bits per heavy atom. The summed E-state index contributed by atoms with van der Waals surface area (Å²) >= 11 is 0. The van der Waals surface area contributed by atoms with Gasteiger partial charge in [-0.25, -0.2) is 8.42 Å². The summed E-state index contributed by atoms with van der Waals surface area (Å²) in [5.74, 6) is 0.439. The number of carbonyl (C=O) groups is 1. The SMILES string of the molecule is Cc1cc(C2CCCN2C(=O)CCS(C)(=O)=O)on1. The average molecular weight is 286 g/mol. The van der Waals surface area contributed by atoms with Gasteiger partial charge in [-0.3, -0.25) is 4.79 Å². The van der Waals surface area contributed by atoms with Gasteiger partial charge in [0.25, 0.3) is 0 Å². The second-order valence-corrected chi connectivity index (χ2v) is 7.26. The predicted molar refractivity (Wildman–Crippen MR) is 69.3 cm³/mol. The van der Waals surface area contributed by atoms with E-state index in [1.54, 1.807) is 4.90 Å². The Labute approximate surface area is 112 Å². The molecule has 106 valence electrons. The lowest BCUT2D eigenvalue weighted by atomic mass is 10.1. The quantitative estimate of drug-likeness (QED) is 0.827. The molecule has 0 aliphatic carbocycles. The van der Waals surface area contributed by atoms with Crippen molar-refractivity contribution in [2.75, 3.05) is 18.6 Å². The van der Waals surface area contributed by atoms with Crippen LogP contribution in [0.4, 0.5) is 0 Å². The molecule has 6 nitrogen and oxygen atoms in total. The van der Waals surface area contributed by atoms with Gasteiger partial charge in [-0.15, -0.1) is 0 Å². The molecular formula is C12H18N2O4S. The molecule has 1 amide bonds. The van der Waals surface area contributed by atoms with Gasteiger partial charge >= 0.3 is 0 Å². The molecule has 1 aromatic heterocycles. The highest BCUT2D eigenvalue weighted by Gasteiger charge is 2.32. The second-order valence-electron chi connectivity index (χ2n) is 5.00. The summed E-state index contributed by atoms with van der Waals surface area (Å²) in [6, 6.07) is 1.72. The molecule has 0 radical (unpaired) electrons. The Hall–Kier alpha value is -1.37. The Bertz CT molecular complexity index is 564. The van der Waals surface area contributed by atoms with Crippen molar-refractivity contribution in [2.24, 2.45) is 0 Å². The molecule has 1 aliphatic heterocycles. The average Bonchev–Trinajstić information content (AvgIpc) is 2.92. The number of hydrogen-bond donors (Lipinski definition) is 0. The van der Waals surface area contributed by atoms with Gasteiger partial charge in [0.2, 0.25) is 5.91 Å². The molecule has 1 fully saturated rings. The predicted octanol–water partition coefficient (Wildman–Crippen LogP) is 1.08. The highest BCUT2D eigenvalue weighted by Crippen LogP contribution is 2.32. The third kappa shape index (κ3) is 3.56. The number of nitrogens with zero attached hydrogens (tertiary/aromatic N) is 2. The molecule has 19 heavy (non-hydrogen) atoms. The van der Waals surface area contributed by atoms with Crippen molar-refractivity contribution in [2.45, 2.75) is 32.2 Å². The minimum Gasteiger partial charge on any atom is -0.359 e. The molecule has 1 saturated heterocycles. The van der Waals surface area contributed by atoms with E-state index in [1.807, 2.05) is 13.0 Å². The molecule has 7 heteroatoms. The Morgan fingerprint density at radius 2 is 2.32 bits per heavy atom. The van der Waals surface area contributed by atoms with Gasteiger partial charge in [-0.05, 0) is 19.8 Å². The summed E-state index contributed by atoms with van der Waals surface area (Å²) in [7, 11) is -3.11. The molecule has 0 bridgehead atoms. The number of sulfone groups is 1. The first-order chi connectivity index (χ1) is 8.87. The van der Waals surface area contributed by atoms with E-state index in [-0.39, 0.29) is 24.1 Å². The lowest BCUT2D eigenvalue weighted by Crippen LogP contribution is -2.31. The molecule has 0 saturated carbocycles. The van der Waals surface area contributed by atoms with Gasteiger partial charge < -0.3 is 9.42 Å². The molecule has 1 aliphatic rings. The van der Waals surface area contributed by atoms with E-state index in [0.717, 1.165) is 24.8 Å². The van der Waals surface area contributed by atoms with Crippen LogP contribution in [0.3, 0.4) is 0 Å². The van der Waals surface area contributed by atoms with E-state index in [1.165, 1.54) is 0 Å². The summed E-state index contributed by atoms with van der Waals surface area (Å²) in [6.07, 6.45) is 2.90. The van der Waals surface area contributed by atoms with Crippen molar-refractivity contribution >= 4 is 15.7 Å². The largest absolute Gasteiger partial charge is 0.359 e. The van der Waals surface area contributed by atoms with Gasteiger partial charge in [0.1, 0.15) is 9.84 Å². The van der Waals surface area contributed by atoms with Crippen LogP contribution in [0.2, 0.25) is 0 Å². The Morgan fingerprint density at radius 3 is 2.89 bits per heavy atom. The van der Waals surface area contributed by atoms with Crippen LogP contribution in [-0.2, 0) is 14.6 Å². The molecule has 0 aromatic carbocycles. The zero-order valence-corrected chi connectivity index (χ0v) is 11.9. The summed E-state index contributed by atoms with van der Waals surface area (Å²) < 4.78 is 27.4. The maximum Gasteiger partial charge on any atom is 0.224 e. The van der Waals surface area contributed by atoms with Crippen LogP contribution in [0.5, 0.6) is 0 Å². The van der Waals surface area contributed by atoms with Crippen LogP contribution in [0.1, 0.15) is 36.8 Å². The Kier molecular flexibility index (Phi) is 3.93. The lowest BCUT2D eigenvalue weighted by Gasteiger charge is -2.22. The topological polar surface area (TPSA) is 80.5 Å². The minimum atomic E-state index is -3.11. The fraction of sp³-hybridized carbons (Fsp3) is 0.667. The first kappa shape index (κ1) is 14.0. The number of aryl methyl sites for hydroxylation is 1. The van der Waals surface area contributed by atoms with Crippen LogP contribution < -0.4 is 0 Å². The van der Waals surface area contributed by atoms with Crippen LogP contribution in [0.25, 0.3) is 0 Å².